The van der Waals surface area contributed by atoms with E-state index in [0.717, 1.165) is 25.2 Å². The molecule has 0 aromatic carbocycles. The van der Waals surface area contributed by atoms with Gasteiger partial charge >= 0.3 is 0 Å². The van der Waals surface area contributed by atoms with E-state index in [2.05, 4.69) is 15.3 Å². The summed E-state index contributed by atoms with van der Waals surface area (Å²) < 4.78 is 5.28. The van der Waals surface area contributed by atoms with Crippen molar-refractivity contribution in [2.45, 2.75) is 26.7 Å². The predicted octanol–water partition coefficient (Wildman–Crippen LogP) is 1.70. The molecule has 0 saturated heterocycles. The monoisotopic (exact) mass is 239 g/mol. The normalized spacial score (nSPS) is 12.2. The van der Waals surface area contributed by atoms with E-state index in [1.807, 2.05) is 13.8 Å². The number of hydrogen-bond acceptors (Lipinski definition) is 5. The molecular weight excluding hydrogens is 218 g/mol. The lowest BCUT2D eigenvalue weighted by Crippen LogP contribution is -2.07. The molecule has 0 saturated carbocycles. The van der Waals surface area contributed by atoms with Gasteiger partial charge in [0.2, 0.25) is 5.88 Å². The lowest BCUT2D eigenvalue weighted by Gasteiger charge is -2.09. The molecule has 1 heterocycles. The average molecular weight is 239 g/mol. The Morgan fingerprint density at radius 1 is 1.47 bits per heavy atom. The molecule has 1 atom stereocenters. The number of hydrogen-bond donors (Lipinski definition) is 2. The Labute approximate surface area is 102 Å². The molecule has 1 unspecified atom stereocenters. The third kappa shape index (κ3) is 5.49. The Kier molecular flexibility index (Phi) is 6.32. The van der Waals surface area contributed by atoms with E-state index in [-0.39, 0.29) is 6.61 Å². The summed E-state index contributed by atoms with van der Waals surface area (Å²) in [5, 5.41) is 12.1. The largest absolute Gasteiger partial charge is 0.478 e. The van der Waals surface area contributed by atoms with Crippen molar-refractivity contribution in [2.75, 3.05) is 25.1 Å². The number of aliphatic hydroxyl groups excluding tert-OH is 1. The Morgan fingerprint density at radius 3 is 3.00 bits per heavy atom. The Balaban J connectivity index is 2.28. The summed E-state index contributed by atoms with van der Waals surface area (Å²) in [5.74, 6) is 1.73. The van der Waals surface area contributed by atoms with Crippen molar-refractivity contribution in [3.8, 4) is 5.88 Å². The van der Waals surface area contributed by atoms with E-state index < -0.39 is 0 Å². The molecule has 1 rings (SSSR count). The van der Waals surface area contributed by atoms with Gasteiger partial charge in [0.25, 0.3) is 0 Å². The van der Waals surface area contributed by atoms with Crippen LogP contribution < -0.4 is 10.1 Å². The lowest BCUT2D eigenvalue weighted by molar-refractivity contribution is 0.229. The van der Waals surface area contributed by atoms with Crippen molar-refractivity contribution < 1.29 is 9.84 Å². The minimum absolute atomic E-state index is 0.252. The summed E-state index contributed by atoms with van der Waals surface area (Å²) in [6.45, 7) is 5.66. The second-order valence-corrected chi connectivity index (χ2v) is 4.03. The summed E-state index contributed by atoms with van der Waals surface area (Å²) in [4.78, 5) is 8.10. The third-order valence-corrected chi connectivity index (χ3v) is 2.43. The number of nitrogens with one attached hydrogen (secondary N) is 1. The van der Waals surface area contributed by atoms with Gasteiger partial charge in [0.1, 0.15) is 12.1 Å². The Hall–Kier alpha value is -1.36. The van der Waals surface area contributed by atoms with Crippen molar-refractivity contribution in [1.29, 1.82) is 0 Å². The second-order valence-electron chi connectivity index (χ2n) is 4.03. The van der Waals surface area contributed by atoms with E-state index >= 15 is 0 Å². The molecule has 2 N–H and O–H groups in total. The summed E-state index contributed by atoms with van der Waals surface area (Å²) in [5.41, 5.74) is 0. The maximum absolute atomic E-state index is 8.89. The third-order valence-electron chi connectivity index (χ3n) is 2.43. The Bertz CT molecular complexity index is 320. The highest BCUT2D eigenvalue weighted by atomic mass is 16.5. The first-order valence-electron chi connectivity index (χ1n) is 6.05. The molecule has 0 spiro atoms. The van der Waals surface area contributed by atoms with Crippen LogP contribution in [0.4, 0.5) is 5.82 Å². The maximum Gasteiger partial charge on any atom is 0.218 e. The second kappa shape index (κ2) is 7.84. The van der Waals surface area contributed by atoms with Gasteiger partial charge in [-0.3, -0.25) is 0 Å². The van der Waals surface area contributed by atoms with Crippen molar-refractivity contribution in [1.82, 2.24) is 9.97 Å². The predicted molar refractivity (Wildman–Crippen MR) is 67.2 cm³/mol. The summed E-state index contributed by atoms with van der Waals surface area (Å²) >= 11 is 0. The van der Waals surface area contributed by atoms with Crippen LogP contribution in [0.3, 0.4) is 0 Å². The van der Waals surface area contributed by atoms with Gasteiger partial charge in [-0.1, -0.05) is 6.92 Å². The molecule has 17 heavy (non-hydrogen) atoms. The molecule has 0 aliphatic heterocycles. The standard InChI is InChI=1S/C12H21N3O2/c1-3-17-12-7-11(14-9-15-12)13-6-4-5-10(2)8-16/h7,9-10,16H,3-6,8H2,1-2H3,(H,13,14,15). The molecule has 0 amide bonds. The molecule has 0 radical (unpaired) electrons. The van der Waals surface area contributed by atoms with Gasteiger partial charge in [0, 0.05) is 19.2 Å². The van der Waals surface area contributed by atoms with Gasteiger partial charge in [-0.15, -0.1) is 0 Å². The fourth-order valence-electron chi connectivity index (χ4n) is 1.42. The van der Waals surface area contributed by atoms with Gasteiger partial charge in [0.05, 0.1) is 6.61 Å². The molecule has 5 heteroatoms. The summed E-state index contributed by atoms with van der Waals surface area (Å²) in [6, 6.07) is 1.79. The first kappa shape index (κ1) is 13.7. The van der Waals surface area contributed by atoms with Crippen LogP contribution in [0.25, 0.3) is 0 Å². The van der Waals surface area contributed by atoms with Gasteiger partial charge in [-0.25, -0.2) is 9.97 Å². The summed E-state index contributed by atoms with van der Waals surface area (Å²) in [7, 11) is 0. The van der Waals surface area contributed by atoms with Gasteiger partial charge in [-0.05, 0) is 25.7 Å². The highest BCUT2D eigenvalue weighted by Crippen LogP contribution is 2.11. The molecule has 1 aromatic heterocycles. The van der Waals surface area contributed by atoms with Crippen molar-refractivity contribution in [3.63, 3.8) is 0 Å². The number of anilines is 1. The first-order chi connectivity index (χ1) is 8.26. The van der Waals surface area contributed by atoms with Crippen LogP contribution in [0.1, 0.15) is 26.7 Å². The Morgan fingerprint density at radius 2 is 2.29 bits per heavy atom. The first-order valence-corrected chi connectivity index (χ1v) is 6.05. The van der Waals surface area contributed by atoms with E-state index in [1.165, 1.54) is 6.33 Å². The molecular formula is C12H21N3O2. The zero-order valence-electron chi connectivity index (χ0n) is 10.5. The van der Waals surface area contributed by atoms with Crippen LogP contribution in [0.5, 0.6) is 5.88 Å². The quantitative estimate of drug-likeness (QED) is 0.676. The zero-order valence-corrected chi connectivity index (χ0v) is 10.5. The highest BCUT2D eigenvalue weighted by molar-refractivity contribution is 5.36. The molecule has 0 fully saturated rings. The minimum Gasteiger partial charge on any atom is -0.478 e. The smallest absolute Gasteiger partial charge is 0.218 e. The van der Waals surface area contributed by atoms with E-state index in [0.29, 0.717) is 18.4 Å². The molecule has 96 valence electrons. The number of aromatic nitrogens is 2. The molecule has 0 aliphatic rings. The highest BCUT2D eigenvalue weighted by Gasteiger charge is 2.01. The number of ether oxygens (including phenoxy) is 1. The SMILES string of the molecule is CCOc1cc(NCCCC(C)CO)ncn1. The number of aliphatic hydroxyl groups is 1. The van der Waals surface area contributed by atoms with Crippen LogP contribution in [-0.4, -0.2) is 34.8 Å². The van der Waals surface area contributed by atoms with Crippen molar-refractivity contribution >= 4 is 5.82 Å². The zero-order chi connectivity index (χ0) is 12.5. The fraction of sp³-hybridized carbons (Fsp3) is 0.667. The lowest BCUT2D eigenvalue weighted by atomic mass is 10.1. The summed E-state index contributed by atoms with van der Waals surface area (Å²) in [6.07, 6.45) is 3.51. The van der Waals surface area contributed by atoms with Gasteiger partial charge in [-0.2, -0.15) is 0 Å². The molecule has 1 aromatic rings. The minimum atomic E-state index is 0.252. The van der Waals surface area contributed by atoms with E-state index in [9.17, 15) is 0 Å². The van der Waals surface area contributed by atoms with E-state index in [1.54, 1.807) is 6.07 Å². The number of nitrogens with zero attached hydrogens (tertiary/aromatic N) is 2. The maximum atomic E-state index is 8.89. The van der Waals surface area contributed by atoms with Gasteiger partial charge < -0.3 is 15.2 Å². The van der Waals surface area contributed by atoms with Crippen molar-refractivity contribution in [3.05, 3.63) is 12.4 Å². The van der Waals surface area contributed by atoms with Crippen LogP contribution in [-0.2, 0) is 0 Å². The fourth-order valence-corrected chi connectivity index (χ4v) is 1.42. The van der Waals surface area contributed by atoms with Crippen LogP contribution >= 0.6 is 0 Å². The molecule has 0 bridgehead atoms. The van der Waals surface area contributed by atoms with Crippen LogP contribution in [0.15, 0.2) is 12.4 Å². The number of rotatable bonds is 8. The van der Waals surface area contributed by atoms with Gasteiger partial charge in [0.15, 0.2) is 0 Å². The molecule has 5 nitrogen and oxygen atoms in total. The topological polar surface area (TPSA) is 67.3 Å². The van der Waals surface area contributed by atoms with E-state index in [4.69, 9.17) is 9.84 Å². The van der Waals surface area contributed by atoms with Crippen molar-refractivity contribution in [2.24, 2.45) is 5.92 Å². The van der Waals surface area contributed by atoms with Crippen LogP contribution in [0.2, 0.25) is 0 Å². The molecule has 0 aliphatic carbocycles. The average Bonchev–Trinajstić information content (AvgIpc) is 2.35. The van der Waals surface area contributed by atoms with Crippen LogP contribution in [0, 0.1) is 5.92 Å².